The van der Waals surface area contributed by atoms with Crippen LogP contribution in [0.15, 0.2) is 5.38 Å². The van der Waals surface area contributed by atoms with Crippen LogP contribution in [0.5, 0.6) is 0 Å². The summed E-state index contributed by atoms with van der Waals surface area (Å²) in [5.41, 5.74) is 1.37. The fourth-order valence-electron chi connectivity index (χ4n) is 2.10. The van der Waals surface area contributed by atoms with Crippen LogP contribution in [0.3, 0.4) is 0 Å². The highest BCUT2D eigenvalue weighted by molar-refractivity contribution is 7.09. The average Bonchev–Trinajstić information content (AvgIpc) is 2.59. The van der Waals surface area contributed by atoms with Crippen LogP contribution < -0.4 is 5.32 Å². The highest BCUT2D eigenvalue weighted by Gasteiger charge is 2.32. The number of aryl methyl sites for hydroxylation is 1. The van der Waals surface area contributed by atoms with Gasteiger partial charge in [0.05, 0.1) is 6.54 Å². The Balaban J connectivity index is 2.06. The number of thiazole rings is 1. The van der Waals surface area contributed by atoms with Crippen LogP contribution >= 0.6 is 11.3 Å². The summed E-state index contributed by atoms with van der Waals surface area (Å²) in [4.78, 5) is 7.09. The second kappa shape index (κ2) is 4.43. The molecule has 2 heterocycles. The summed E-state index contributed by atoms with van der Waals surface area (Å²) in [7, 11) is 0. The molecule has 1 aliphatic rings. The van der Waals surface area contributed by atoms with Crippen molar-refractivity contribution in [2.75, 3.05) is 13.1 Å². The fourth-order valence-corrected chi connectivity index (χ4v) is 2.88. The number of hydrogen-bond donors (Lipinski definition) is 1. The van der Waals surface area contributed by atoms with E-state index in [2.05, 4.69) is 48.3 Å². The number of hydrogen-bond acceptors (Lipinski definition) is 4. The molecule has 1 fully saturated rings. The monoisotopic (exact) mass is 239 g/mol. The molecule has 3 nitrogen and oxygen atoms in total. The second-order valence-electron chi connectivity index (χ2n) is 5.36. The van der Waals surface area contributed by atoms with Crippen molar-refractivity contribution in [1.82, 2.24) is 15.2 Å². The minimum Gasteiger partial charge on any atom is -0.311 e. The van der Waals surface area contributed by atoms with Crippen LogP contribution in [0.1, 0.15) is 31.5 Å². The highest BCUT2D eigenvalue weighted by Crippen LogP contribution is 2.22. The normalized spacial score (nSPS) is 25.9. The average molecular weight is 239 g/mol. The summed E-state index contributed by atoms with van der Waals surface area (Å²) in [5.74, 6) is 0. The van der Waals surface area contributed by atoms with Gasteiger partial charge in [-0.2, -0.15) is 0 Å². The van der Waals surface area contributed by atoms with Gasteiger partial charge in [-0.05, 0) is 27.7 Å². The molecule has 0 radical (unpaired) electrons. The molecule has 1 saturated heterocycles. The Morgan fingerprint density at radius 1 is 1.62 bits per heavy atom. The van der Waals surface area contributed by atoms with Gasteiger partial charge in [0.2, 0.25) is 0 Å². The molecule has 1 atom stereocenters. The van der Waals surface area contributed by atoms with Crippen molar-refractivity contribution in [1.29, 1.82) is 0 Å². The highest BCUT2D eigenvalue weighted by atomic mass is 32.1. The lowest BCUT2D eigenvalue weighted by molar-refractivity contribution is 0.0625. The van der Waals surface area contributed by atoms with Crippen LogP contribution in [-0.4, -0.2) is 34.6 Å². The first-order valence-electron chi connectivity index (χ1n) is 5.87. The Kier molecular flexibility index (Phi) is 3.33. The maximum atomic E-state index is 4.55. The number of nitrogens with zero attached hydrogens (tertiary/aromatic N) is 2. The van der Waals surface area contributed by atoms with E-state index < -0.39 is 0 Å². The SMILES string of the molecule is Cc1csc(CN2CC(C)NCC2(C)C)n1. The van der Waals surface area contributed by atoms with Gasteiger partial charge in [-0.1, -0.05) is 0 Å². The van der Waals surface area contributed by atoms with Gasteiger partial charge in [-0.15, -0.1) is 11.3 Å². The van der Waals surface area contributed by atoms with Crippen molar-refractivity contribution >= 4 is 11.3 Å². The topological polar surface area (TPSA) is 28.2 Å². The number of piperazine rings is 1. The van der Waals surface area contributed by atoms with Crippen molar-refractivity contribution in [3.63, 3.8) is 0 Å². The van der Waals surface area contributed by atoms with Gasteiger partial charge in [0, 0.05) is 35.7 Å². The summed E-state index contributed by atoms with van der Waals surface area (Å²) in [6.07, 6.45) is 0. The molecule has 1 aromatic heterocycles. The van der Waals surface area contributed by atoms with E-state index >= 15 is 0 Å². The van der Waals surface area contributed by atoms with Gasteiger partial charge in [0.15, 0.2) is 0 Å². The first-order valence-corrected chi connectivity index (χ1v) is 6.75. The van der Waals surface area contributed by atoms with Gasteiger partial charge in [-0.3, -0.25) is 4.90 Å². The third-order valence-electron chi connectivity index (χ3n) is 3.23. The summed E-state index contributed by atoms with van der Waals surface area (Å²) in [5, 5.41) is 6.90. The summed E-state index contributed by atoms with van der Waals surface area (Å²) < 4.78 is 0. The third kappa shape index (κ3) is 2.62. The minimum absolute atomic E-state index is 0.228. The van der Waals surface area contributed by atoms with Crippen molar-refractivity contribution in [2.45, 2.75) is 45.8 Å². The van der Waals surface area contributed by atoms with E-state index in [0.717, 1.165) is 25.3 Å². The zero-order chi connectivity index (χ0) is 11.8. The molecule has 1 aliphatic heterocycles. The number of nitrogens with one attached hydrogen (secondary N) is 1. The van der Waals surface area contributed by atoms with E-state index in [1.54, 1.807) is 11.3 Å². The van der Waals surface area contributed by atoms with Crippen LogP contribution in [-0.2, 0) is 6.54 Å². The zero-order valence-corrected chi connectivity index (χ0v) is 11.4. The summed E-state index contributed by atoms with van der Waals surface area (Å²) >= 11 is 1.77. The Bertz CT molecular complexity index is 359. The lowest BCUT2D eigenvalue weighted by Crippen LogP contribution is -2.60. The Morgan fingerprint density at radius 2 is 2.38 bits per heavy atom. The molecular weight excluding hydrogens is 218 g/mol. The number of rotatable bonds is 2. The van der Waals surface area contributed by atoms with E-state index in [1.165, 1.54) is 5.01 Å². The Morgan fingerprint density at radius 3 is 3.00 bits per heavy atom. The van der Waals surface area contributed by atoms with Gasteiger partial charge in [0.25, 0.3) is 0 Å². The molecule has 0 spiro atoms. The molecule has 16 heavy (non-hydrogen) atoms. The fraction of sp³-hybridized carbons (Fsp3) is 0.750. The molecule has 90 valence electrons. The molecule has 0 aromatic carbocycles. The lowest BCUT2D eigenvalue weighted by Gasteiger charge is -2.45. The maximum absolute atomic E-state index is 4.55. The van der Waals surface area contributed by atoms with Gasteiger partial charge in [-0.25, -0.2) is 4.98 Å². The molecule has 1 aromatic rings. The molecule has 2 rings (SSSR count). The van der Waals surface area contributed by atoms with Crippen molar-refractivity contribution in [2.24, 2.45) is 0 Å². The van der Waals surface area contributed by atoms with E-state index in [-0.39, 0.29) is 5.54 Å². The van der Waals surface area contributed by atoms with Crippen LogP contribution in [0.4, 0.5) is 0 Å². The molecule has 1 N–H and O–H groups in total. The van der Waals surface area contributed by atoms with Crippen LogP contribution in [0.25, 0.3) is 0 Å². The van der Waals surface area contributed by atoms with Crippen LogP contribution in [0, 0.1) is 6.92 Å². The summed E-state index contributed by atoms with van der Waals surface area (Å²) in [6, 6.07) is 0.578. The van der Waals surface area contributed by atoms with E-state index in [1.807, 2.05) is 0 Å². The molecule has 0 saturated carbocycles. The van der Waals surface area contributed by atoms with Crippen molar-refractivity contribution < 1.29 is 0 Å². The first-order chi connectivity index (χ1) is 7.47. The zero-order valence-electron chi connectivity index (χ0n) is 10.6. The predicted octanol–water partition coefficient (Wildman–Crippen LogP) is 2.02. The second-order valence-corrected chi connectivity index (χ2v) is 6.30. The maximum Gasteiger partial charge on any atom is 0.107 e. The standard InChI is InChI=1S/C12H21N3S/c1-9-5-15(12(3,4)8-13-9)6-11-14-10(2)7-16-11/h7,9,13H,5-6,8H2,1-4H3. The minimum atomic E-state index is 0.228. The first kappa shape index (κ1) is 12.0. The molecular formula is C12H21N3S. The van der Waals surface area contributed by atoms with Crippen LogP contribution in [0.2, 0.25) is 0 Å². The van der Waals surface area contributed by atoms with E-state index in [4.69, 9.17) is 0 Å². The molecule has 4 heteroatoms. The quantitative estimate of drug-likeness (QED) is 0.856. The van der Waals surface area contributed by atoms with Crippen molar-refractivity contribution in [3.05, 3.63) is 16.1 Å². The predicted molar refractivity (Wildman–Crippen MR) is 68.8 cm³/mol. The van der Waals surface area contributed by atoms with E-state index in [0.29, 0.717) is 6.04 Å². The molecule has 0 bridgehead atoms. The molecule has 0 amide bonds. The largest absolute Gasteiger partial charge is 0.311 e. The smallest absolute Gasteiger partial charge is 0.107 e. The van der Waals surface area contributed by atoms with Crippen molar-refractivity contribution in [3.8, 4) is 0 Å². The lowest BCUT2D eigenvalue weighted by atomic mass is 9.98. The molecule has 0 aliphatic carbocycles. The summed E-state index contributed by atoms with van der Waals surface area (Å²) in [6.45, 7) is 12.0. The Hall–Kier alpha value is -0.450. The third-order valence-corrected chi connectivity index (χ3v) is 4.18. The van der Waals surface area contributed by atoms with E-state index in [9.17, 15) is 0 Å². The Labute approximate surface area is 102 Å². The van der Waals surface area contributed by atoms with Gasteiger partial charge >= 0.3 is 0 Å². The van der Waals surface area contributed by atoms with Gasteiger partial charge < -0.3 is 5.32 Å². The molecule has 1 unspecified atom stereocenters. The number of aromatic nitrogens is 1. The van der Waals surface area contributed by atoms with Gasteiger partial charge in [0.1, 0.15) is 5.01 Å².